The third-order valence-corrected chi connectivity index (χ3v) is 5.19. The van der Waals surface area contributed by atoms with Gasteiger partial charge in [0.1, 0.15) is 11.3 Å². The molecule has 0 saturated carbocycles. The van der Waals surface area contributed by atoms with Crippen LogP contribution in [0, 0.1) is 13.8 Å². The monoisotopic (exact) mass is 343 g/mol. The minimum absolute atomic E-state index is 0.102. The highest BCUT2D eigenvalue weighted by Gasteiger charge is 2.22. The van der Waals surface area contributed by atoms with Crippen LogP contribution in [0.4, 0.5) is 0 Å². The number of fused-ring (bicyclic) bond motifs is 1. The van der Waals surface area contributed by atoms with Gasteiger partial charge in [0.25, 0.3) is 5.91 Å². The third-order valence-electron chi connectivity index (χ3n) is 4.21. The minimum atomic E-state index is -0.141. The first-order chi connectivity index (χ1) is 11.5. The largest absolute Gasteiger partial charge is 0.361 e. The lowest BCUT2D eigenvalue weighted by atomic mass is 10.0. The van der Waals surface area contributed by atoms with E-state index in [0.29, 0.717) is 23.6 Å². The predicted octanol–water partition coefficient (Wildman–Crippen LogP) is 3.54. The fourth-order valence-corrected chi connectivity index (χ4v) is 3.92. The first-order valence-corrected chi connectivity index (χ1v) is 8.70. The van der Waals surface area contributed by atoms with Gasteiger partial charge in [0, 0.05) is 11.2 Å². The lowest BCUT2D eigenvalue weighted by molar-refractivity contribution is 0.0940. The maximum absolute atomic E-state index is 12.5. The second-order valence-corrected chi connectivity index (χ2v) is 6.99. The molecule has 1 amide bonds. The molecule has 0 aliphatic carbocycles. The summed E-state index contributed by atoms with van der Waals surface area (Å²) in [5, 5.41) is 10.3. The molecule has 24 heavy (non-hydrogen) atoms. The number of carbonyl (C=O) groups excluding carboxylic acids is 1. The van der Waals surface area contributed by atoms with Gasteiger partial charge >= 0.3 is 0 Å². The van der Waals surface area contributed by atoms with Crippen LogP contribution in [0.5, 0.6) is 0 Å². The Morgan fingerprint density at radius 2 is 2.08 bits per heavy atom. The van der Waals surface area contributed by atoms with E-state index in [2.05, 4.69) is 32.9 Å². The Morgan fingerprint density at radius 1 is 1.33 bits per heavy atom. The van der Waals surface area contributed by atoms with Crippen LogP contribution in [0.15, 0.2) is 34.2 Å². The molecular weight excluding hydrogens is 322 g/mol. The van der Waals surface area contributed by atoms with Gasteiger partial charge in [-0.1, -0.05) is 23.4 Å². The van der Waals surface area contributed by atoms with Gasteiger partial charge in [-0.2, -0.15) is 0 Å². The lowest BCUT2D eigenvalue weighted by Crippen LogP contribution is -2.34. The second-order valence-electron chi connectivity index (χ2n) is 6.08. The van der Waals surface area contributed by atoms with Gasteiger partial charge in [-0.3, -0.25) is 4.79 Å². The maximum atomic E-state index is 12.5. The number of nitrogens with one attached hydrogen (secondary N) is 1. The smallest absolute Gasteiger partial charge is 0.256 e. The second kappa shape index (κ2) is 6.75. The molecule has 1 atom stereocenters. The summed E-state index contributed by atoms with van der Waals surface area (Å²) in [7, 11) is 4.05. The molecular formula is C18H21N3O2S. The van der Waals surface area contributed by atoms with E-state index >= 15 is 0 Å². The molecule has 1 aromatic carbocycles. The van der Waals surface area contributed by atoms with Crippen molar-refractivity contribution in [2.75, 3.05) is 20.6 Å². The van der Waals surface area contributed by atoms with Crippen molar-refractivity contribution in [3.05, 3.63) is 52.2 Å². The van der Waals surface area contributed by atoms with Gasteiger partial charge in [0.05, 0.1) is 11.7 Å². The Bertz CT molecular complexity index is 847. The van der Waals surface area contributed by atoms with E-state index in [4.69, 9.17) is 4.52 Å². The van der Waals surface area contributed by atoms with Crippen LogP contribution in [0.1, 0.15) is 33.4 Å². The number of likely N-dealkylation sites (N-methyl/N-ethyl adjacent to an activating group) is 1. The molecule has 0 unspecified atom stereocenters. The Balaban J connectivity index is 1.82. The van der Waals surface area contributed by atoms with E-state index in [1.807, 2.05) is 26.2 Å². The van der Waals surface area contributed by atoms with Gasteiger partial charge < -0.3 is 14.7 Å². The average Bonchev–Trinajstić information content (AvgIpc) is 3.11. The first kappa shape index (κ1) is 16.7. The van der Waals surface area contributed by atoms with Crippen molar-refractivity contribution in [2.24, 2.45) is 0 Å². The number of aryl methyl sites for hydroxylation is 2. The number of benzene rings is 1. The molecule has 0 aliphatic rings. The molecule has 3 rings (SSSR count). The molecule has 0 radical (unpaired) electrons. The summed E-state index contributed by atoms with van der Waals surface area (Å²) in [5.74, 6) is 0.407. The van der Waals surface area contributed by atoms with Gasteiger partial charge in [-0.15, -0.1) is 11.3 Å². The molecule has 5 nitrogen and oxygen atoms in total. The zero-order valence-electron chi connectivity index (χ0n) is 14.3. The normalized spacial score (nSPS) is 12.7. The molecule has 6 heteroatoms. The number of rotatable bonds is 5. The molecule has 0 aliphatic heterocycles. The standard InChI is InChI=1S/C18H21N3O2S/c1-11-17(12(2)23-20-11)18(22)19-9-15(21(3)4)14-10-24-16-8-6-5-7-13(14)16/h5-8,10,15H,9H2,1-4H3,(H,19,22)/t15-/m1/s1. The Labute approximate surface area is 145 Å². The van der Waals surface area contributed by atoms with Crippen molar-refractivity contribution in [1.29, 1.82) is 0 Å². The number of thiophene rings is 1. The summed E-state index contributed by atoms with van der Waals surface area (Å²) in [6.07, 6.45) is 0. The van der Waals surface area contributed by atoms with Gasteiger partial charge in [-0.05, 0) is 50.3 Å². The SMILES string of the molecule is Cc1noc(C)c1C(=O)NC[C@H](c1csc2ccccc12)N(C)C. The summed E-state index contributed by atoms with van der Waals surface area (Å²) < 4.78 is 6.34. The van der Waals surface area contributed by atoms with E-state index in [1.165, 1.54) is 15.6 Å². The fraction of sp³-hybridized carbons (Fsp3) is 0.333. The Hall–Kier alpha value is -2.18. The van der Waals surface area contributed by atoms with Crippen molar-refractivity contribution < 1.29 is 9.32 Å². The number of aromatic nitrogens is 1. The summed E-state index contributed by atoms with van der Waals surface area (Å²) in [5.41, 5.74) is 2.38. The highest BCUT2D eigenvalue weighted by Crippen LogP contribution is 2.32. The number of hydrogen-bond acceptors (Lipinski definition) is 5. The lowest BCUT2D eigenvalue weighted by Gasteiger charge is -2.24. The molecule has 2 aromatic heterocycles. The van der Waals surface area contributed by atoms with Crippen LogP contribution in [0.2, 0.25) is 0 Å². The van der Waals surface area contributed by atoms with E-state index < -0.39 is 0 Å². The summed E-state index contributed by atoms with van der Waals surface area (Å²) >= 11 is 1.73. The summed E-state index contributed by atoms with van der Waals surface area (Å²) in [6, 6.07) is 8.46. The van der Waals surface area contributed by atoms with Gasteiger partial charge in [0.15, 0.2) is 0 Å². The summed E-state index contributed by atoms with van der Waals surface area (Å²) in [6.45, 7) is 4.06. The van der Waals surface area contributed by atoms with Crippen molar-refractivity contribution in [1.82, 2.24) is 15.4 Å². The zero-order valence-corrected chi connectivity index (χ0v) is 15.1. The maximum Gasteiger partial charge on any atom is 0.256 e. The van der Waals surface area contributed by atoms with Gasteiger partial charge in [0.2, 0.25) is 0 Å². The van der Waals surface area contributed by atoms with Crippen molar-refractivity contribution in [3.8, 4) is 0 Å². The van der Waals surface area contributed by atoms with Crippen LogP contribution in [-0.2, 0) is 0 Å². The number of hydrogen-bond donors (Lipinski definition) is 1. The van der Waals surface area contributed by atoms with Gasteiger partial charge in [-0.25, -0.2) is 0 Å². The van der Waals surface area contributed by atoms with E-state index in [9.17, 15) is 4.79 Å². The van der Waals surface area contributed by atoms with Crippen LogP contribution < -0.4 is 5.32 Å². The molecule has 0 fully saturated rings. The average molecular weight is 343 g/mol. The van der Waals surface area contributed by atoms with Crippen LogP contribution in [0.25, 0.3) is 10.1 Å². The van der Waals surface area contributed by atoms with Crippen molar-refractivity contribution in [2.45, 2.75) is 19.9 Å². The molecule has 126 valence electrons. The van der Waals surface area contributed by atoms with Crippen molar-refractivity contribution in [3.63, 3.8) is 0 Å². The first-order valence-electron chi connectivity index (χ1n) is 7.82. The van der Waals surface area contributed by atoms with E-state index in [1.54, 1.807) is 25.2 Å². The van der Waals surface area contributed by atoms with E-state index in [0.717, 1.165) is 0 Å². The topological polar surface area (TPSA) is 58.4 Å². The molecule has 3 aromatic rings. The number of carbonyl (C=O) groups is 1. The van der Waals surface area contributed by atoms with Crippen LogP contribution in [0.3, 0.4) is 0 Å². The number of nitrogens with zero attached hydrogens (tertiary/aromatic N) is 2. The number of amides is 1. The zero-order chi connectivity index (χ0) is 17.3. The fourth-order valence-electron chi connectivity index (χ4n) is 2.91. The highest BCUT2D eigenvalue weighted by atomic mass is 32.1. The quantitative estimate of drug-likeness (QED) is 0.770. The molecule has 0 spiro atoms. The highest BCUT2D eigenvalue weighted by molar-refractivity contribution is 7.17. The molecule has 2 heterocycles. The van der Waals surface area contributed by atoms with Crippen LogP contribution in [-0.4, -0.2) is 36.6 Å². The Morgan fingerprint density at radius 3 is 2.75 bits per heavy atom. The van der Waals surface area contributed by atoms with Crippen molar-refractivity contribution >= 4 is 27.3 Å². The molecule has 1 N–H and O–H groups in total. The third kappa shape index (κ3) is 3.07. The Kier molecular flexibility index (Phi) is 4.69. The van der Waals surface area contributed by atoms with Crippen LogP contribution >= 0.6 is 11.3 Å². The summed E-state index contributed by atoms with van der Waals surface area (Å²) in [4.78, 5) is 14.6. The minimum Gasteiger partial charge on any atom is -0.361 e. The molecule has 0 saturated heterocycles. The van der Waals surface area contributed by atoms with E-state index in [-0.39, 0.29) is 11.9 Å². The predicted molar refractivity (Wildman–Crippen MR) is 96.6 cm³/mol. The molecule has 0 bridgehead atoms.